The van der Waals surface area contributed by atoms with Gasteiger partial charge in [0.2, 0.25) is 0 Å². The van der Waals surface area contributed by atoms with Gasteiger partial charge in [0.1, 0.15) is 0 Å². The molecule has 0 amide bonds. The molecule has 3 heteroatoms. The summed E-state index contributed by atoms with van der Waals surface area (Å²) < 4.78 is 10.8. The van der Waals surface area contributed by atoms with Gasteiger partial charge in [-0.1, -0.05) is 36.4 Å². The van der Waals surface area contributed by atoms with Crippen LogP contribution < -0.4 is 9.47 Å². The number of ether oxygens (including phenoxy) is 2. The number of piperidine rings is 1. The molecule has 2 unspecified atom stereocenters. The van der Waals surface area contributed by atoms with Gasteiger partial charge in [0.05, 0.1) is 14.2 Å². The third kappa shape index (κ3) is 4.21. The monoisotopic (exact) mass is 353 g/mol. The second-order valence-electron chi connectivity index (χ2n) is 7.45. The fourth-order valence-electron chi connectivity index (χ4n) is 4.36. The molecule has 0 saturated carbocycles. The first-order valence-electron chi connectivity index (χ1n) is 9.64. The molecule has 0 aromatic heterocycles. The van der Waals surface area contributed by atoms with Crippen LogP contribution in [0.25, 0.3) is 0 Å². The predicted molar refractivity (Wildman–Crippen MR) is 107 cm³/mol. The van der Waals surface area contributed by atoms with E-state index in [1.807, 2.05) is 6.07 Å². The second-order valence-corrected chi connectivity index (χ2v) is 7.45. The van der Waals surface area contributed by atoms with E-state index in [4.69, 9.17) is 9.47 Å². The minimum atomic E-state index is 0.601. The molecule has 3 rings (SSSR count). The molecular weight excluding hydrogens is 322 g/mol. The summed E-state index contributed by atoms with van der Waals surface area (Å²) in [5.41, 5.74) is 2.79. The van der Waals surface area contributed by atoms with Crippen molar-refractivity contribution in [3.8, 4) is 11.5 Å². The third-order valence-corrected chi connectivity index (χ3v) is 5.76. The number of likely N-dealkylation sites (tertiary alicyclic amines) is 1. The molecule has 1 aliphatic heterocycles. The van der Waals surface area contributed by atoms with Gasteiger partial charge in [0, 0.05) is 18.6 Å². The Morgan fingerprint density at radius 1 is 0.885 bits per heavy atom. The Morgan fingerprint density at radius 3 is 2.15 bits per heavy atom. The van der Waals surface area contributed by atoms with Crippen LogP contribution in [0.5, 0.6) is 11.5 Å². The summed E-state index contributed by atoms with van der Waals surface area (Å²) in [4.78, 5) is 2.66. The molecule has 1 aliphatic rings. The maximum atomic E-state index is 5.44. The van der Waals surface area contributed by atoms with Crippen LogP contribution in [0.1, 0.15) is 43.7 Å². The summed E-state index contributed by atoms with van der Waals surface area (Å²) >= 11 is 0. The largest absolute Gasteiger partial charge is 0.493 e. The minimum absolute atomic E-state index is 0.601. The molecule has 3 nitrogen and oxygen atoms in total. The molecule has 1 saturated heterocycles. The van der Waals surface area contributed by atoms with Gasteiger partial charge in [-0.2, -0.15) is 0 Å². The second kappa shape index (κ2) is 8.59. The third-order valence-electron chi connectivity index (χ3n) is 5.76. The fraction of sp³-hybridized carbons (Fsp3) is 0.478. The van der Waals surface area contributed by atoms with Crippen molar-refractivity contribution in [1.82, 2.24) is 4.90 Å². The van der Waals surface area contributed by atoms with E-state index in [2.05, 4.69) is 61.2 Å². The van der Waals surface area contributed by atoms with Crippen LogP contribution in [0.2, 0.25) is 0 Å². The first kappa shape index (κ1) is 18.8. The van der Waals surface area contributed by atoms with E-state index in [0.717, 1.165) is 24.5 Å². The Labute approximate surface area is 157 Å². The molecule has 0 spiro atoms. The lowest BCUT2D eigenvalue weighted by Crippen LogP contribution is -2.46. The molecule has 0 N–H and O–H groups in total. The highest BCUT2D eigenvalue weighted by atomic mass is 16.5. The highest BCUT2D eigenvalue weighted by Gasteiger charge is 2.31. The van der Waals surface area contributed by atoms with Gasteiger partial charge in [-0.15, -0.1) is 0 Å². The molecule has 0 aliphatic carbocycles. The normalized spacial score (nSPS) is 23.6. The van der Waals surface area contributed by atoms with E-state index in [9.17, 15) is 0 Å². The minimum Gasteiger partial charge on any atom is -0.493 e. The zero-order valence-electron chi connectivity index (χ0n) is 16.4. The maximum Gasteiger partial charge on any atom is 0.160 e. The van der Waals surface area contributed by atoms with Crippen molar-refractivity contribution in [1.29, 1.82) is 0 Å². The molecule has 2 atom stereocenters. The lowest BCUT2D eigenvalue weighted by atomic mass is 9.82. The summed E-state index contributed by atoms with van der Waals surface area (Å²) in [6.45, 7) is 5.83. The Kier molecular flexibility index (Phi) is 6.20. The van der Waals surface area contributed by atoms with Gasteiger partial charge < -0.3 is 9.47 Å². The number of benzene rings is 2. The highest BCUT2D eigenvalue weighted by molar-refractivity contribution is 5.43. The van der Waals surface area contributed by atoms with Crippen molar-refractivity contribution in [2.75, 3.05) is 20.8 Å². The van der Waals surface area contributed by atoms with Crippen LogP contribution in [-0.2, 0) is 6.42 Å². The van der Waals surface area contributed by atoms with Crippen molar-refractivity contribution in [3.63, 3.8) is 0 Å². The summed E-state index contributed by atoms with van der Waals surface area (Å²) in [5.74, 6) is 2.29. The summed E-state index contributed by atoms with van der Waals surface area (Å²) in [6, 6.07) is 18.4. The Hall–Kier alpha value is -2.00. The quantitative estimate of drug-likeness (QED) is 0.737. The average Bonchev–Trinajstić information content (AvgIpc) is 2.67. The summed E-state index contributed by atoms with van der Waals surface area (Å²) in [5, 5.41) is 0. The number of hydrogen-bond acceptors (Lipinski definition) is 3. The SMILES string of the molecule is COc1ccc(CCN2C(C)CC(c3ccccc3)CC2C)cc1OC. The van der Waals surface area contributed by atoms with Gasteiger partial charge in [-0.25, -0.2) is 0 Å². The standard InChI is InChI=1S/C23H31NO2/c1-17-14-21(20-8-6-5-7-9-20)15-18(2)24(17)13-12-19-10-11-22(25-3)23(16-19)26-4/h5-11,16-18,21H,12-15H2,1-4H3. The van der Waals surface area contributed by atoms with Crippen molar-refractivity contribution in [2.24, 2.45) is 0 Å². The van der Waals surface area contributed by atoms with E-state index in [1.165, 1.54) is 24.0 Å². The number of rotatable bonds is 6. The van der Waals surface area contributed by atoms with Crippen LogP contribution >= 0.6 is 0 Å². The summed E-state index contributed by atoms with van der Waals surface area (Å²) in [6.07, 6.45) is 3.51. The van der Waals surface area contributed by atoms with Crippen molar-refractivity contribution in [3.05, 3.63) is 59.7 Å². The van der Waals surface area contributed by atoms with E-state index in [-0.39, 0.29) is 0 Å². The zero-order chi connectivity index (χ0) is 18.5. The molecule has 0 bridgehead atoms. The first-order chi connectivity index (χ1) is 12.6. The fourth-order valence-corrected chi connectivity index (χ4v) is 4.36. The van der Waals surface area contributed by atoms with Gasteiger partial charge in [0.25, 0.3) is 0 Å². The van der Waals surface area contributed by atoms with Gasteiger partial charge >= 0.3 is 0 Å². The Bertz CT molecular complexity index is 689. The maximum absolute atomic E-state index is 5.44. The number of methoxy groups -OCH3 is 2. The van der Waals surface area contributed by atoms with Gasteiger partial charge in [0.15, 0.2) is 11.5 Å². The molecular formula is C23H31NO2. The van der Waals surface area contributed by atoms with Crippen LogP contribution in [0.15, 0.2) is 48.5 Å². The smallest absolute Gasteiger partial charge is 0.160 e. The Morgan fingerprint density at radius 2 is 1.54 bits per heavy atom. The lowest BCUT2D eigenvalue weighted by molar-refractivity contribution is 0.0922. The van der Waals surface area contributed by atoms with Crippen LogP contribution in [-0.4, -0.2) is 37.7 Å². The topological polar surface area (TPSA) is 21.7 Å². The van der Waals surface area contributed by atoms with Crippen LogP contribution in [0, 0.1) is 0 Å². The zero-order valence-corrected chi connectivity index (χ0v) is 16.4. The molecule has 140 valence electrons. The van der Waals surface area contributed by atoms with E-state index in [1.54, 1.807) is 14.2 Å². The van der Waals surface area contributed by atoms with Crippen molar-refractivity contribution in [2.45, 2.75) is 51.1 Å². The van der Waals surface area contributed by atoms with Crippen LogP contribution in [0.3, 0.4) is 0 Å². The predicted octanol–water partition coefficient (Wildman–Crippen LogP) is 4.90. The van der Waals surface area contributed by atoms with Gasteiger partial charge in [-0.05, 0) is 62.3 Å². The molecule has 2 aromatic rings. The molecule has 0 radical (unpaired) electrons. The summed E-state index contributed by atoms with van der Waals surface area (Å²) in [7, 11) is 3.37. The van der Waals surface area contributed by atoms with Gasteiger partial charge in [-0.3, -0.25) is 4.90 Å². The number of nitrogens with zero attached hydrogens (tertiary/aromatic N) is 1. The Balaban J connectivity index is 1.62. The number of hydrogen-bond donors (Lipinski definition) is 0. The highest BCUT2D eigenvalue weighted by Crippen LogP contribution is 2.35. The molecule has 1 fully saturated rings. The van der Waals surface area contributed by atoms with E-state index >= 15 is 0 Å². The van der Waals surface area contributed by atoms with Crippen molar-refractivity contribution < 1.29 is 9.47 Å². The molecule has 2 aromatic carbocycles. The average molecular weight is 354 g/mol. The molecule has 26 heavy (non-hydrogen) atoms. The van der Waals surface area contributed by atoms with E-state index < -0.39 is 0 Å². The van der Waals surface area contributed by atoms with Crippen molar-refractivity contribution >= 4 is 0 Å². The van der Waals surface area contributed by atoms with Crippen LogP contribution in [0.4, 0.5) is 0 Å². The van der Waals surface area contributed by atoms with E-state index in [0.29, 0.717) is 18.0 Å². The first-order valence-corrected chi connectivity index (χ1v) is 9.64. The lowest BCUT2D eigenvalue weighted by Gasteiger charge is -2.43. The molecule has 1 heterocycles.